The highest BCUT2D eigenvalue weighted by Gasteiger charge is 2.34. The summed E-state index contributed by atoms with van der Waals surface area (Å²) in [5.41, 5.74) is 4.85. The Morgan fingerprint density at radius 3 is 2.29 bits per heavy atom. The van der Waals surface area contributed by atoms with Gasteiger partial charge in [0.2, 0.25) is 0 Å². The summed E-state index contributed by atoms with van der Waals surface area (Å²) in [7, 11) is 0. The molecule has 2 aromatic carbocycles. The lowest BCUT2D eigenvalue weighted by Crippen LogP contribution is -2.12. The van der Waals surface area contributed by atoms with Crippen LogP contribution in [0.15, 0.2) is 42.5 Å². The number of nitrogens with two attached hydrogens (primary N) is 1. The average Bonchev–Trinajstić information content (AvgIpc) is 2.37. The third-order valence-electron chi connectivity index (χ3n) is 2.63. The van der Waals surface area contributed by atoms with Crippen LogP contribution in [0.4, 0.5) is 13.2 Å². The highest BCUT2D eigenvalue weighted by molar-refractivity contribution is 7.80. The molecule has 2 N–H and O–H groups in total. The number of alkyl halides is 3. The maximum atomic E-state index is 12.9. The molecule has 0 bridgehead atoms. The molecule has 2 nitrogen and oxygen atoms in total. The normalized spacial score (nSPS) is 11.2. The van der Waals surface area contributed by atoms with Crippen LogP contribution in [0.2, 0.25) is 5.02 Å². The first-order chi connectivity index (χ1) is 9.80. The maximum Gasteiger partial charge on any atom is 0.419 e. The van der Waals surface area contributed by atoms with Gasteiger partial charge >= 0.3 is 6.18 Å². The fourth-order valence-corrected chi connectivity index (χ4v) is 2.27. The molecule has 7 heteroatoms. The van der Waals surface area contributed by atoms with Crippen molar-refractivity contribution in [1.82, 2.24) is 0 Å². The monoisotopic (exact) mass is 331 g/mol. The van der Waals surface area contributed by atoms with Crippen LogP contribution in [-0.2, 0) is 6.18 Å². The van der Waals surface area contributed by atoms with Gasteiger partial charge in [-0.15, -0.1) is 0 Å². The van der Waals surface area contributed by atoms with Gasteiger partial charge < -0.3 is 10.5 Å². The van der Waals surface area contributed by atoms with Crippen LogP contribution >= 0.6 is 23.8 Å². The first-order valence-electron chi connectivity index (χ1n) is 5.73. The number of rotatable bonds is 3. The zero-order chi connectivity index (χ0) is 15.6. The second-order valence-electron chi connectivity index (χ2n) is 4.07. The van der Waals surface area contributed by atoms with Crippen molar-refractivity contribution in [2.75, 3.05) is 0 Å². The highest BCUT2D eigenvalue weighted by Crippen LogP contribution is 2.39. The van der Waals surface area contributed by atoms with Crippen LogP contribution in [0.5, 0.6) is 11.5 Å². The Kier molecular flexibility index (Phi) is 4.39. The molecule has 0 atom stereocenters. The zero-order valence-electron chi connectivity index (χ0n) is 10.4. The minimum atomic E-state index is -4.53. The molecule has 0 saturated carbocycles. The Bertz CT molecular complexity index is 688. The predicted molar refractivity (Wildman–Crippen MR) is 78.9 cm³/mol. The Morgan fingerprint density at radius 2 is 1.67 bits per heavy atom. The molecule has 0 aromatic heterocycles. The Hall–Kier alpha value is -1.79. The molecule has 0 aliphatic carbocycles. The van der Waals surface area contributed by atoms with Gasteiger partial charge in [0.15, 0.2) is 0 Å². The van der Waals surface area contributed by atoms with Gasteiger partial charge in [0.05, 0.1) is 16.1 Å². The second-order valence-corrected chi connectivity index (χ2v) is 4.92. The van der Waals surface area contributed by atoms with Gasteiger partial charge in [0, 0.05) is 0 Å². The fraction of sp³-hybridized carbons (Fsp3) is 0.0714. The molecule has 0 aliphatic heterocycles. The van der Waals surface area contributed by atoms with E-state index in [0.717, 1.165) is 6.07 Å². The summed E-state index contributed by atoms with van der Waals surface area (Å²) in [5.74, 6) is -0.267. The van der Waals surface area contributed by atoms with Crippen molar-refractivity contribution in [1.29, 1.82) is 0 Å². The van der Waals surface area contributed by atoms with E-state index in [1.165, 1.54) is 36.4 Å². The van der Waals surface area contributed by atoms with Gasteiger partial charge in [0.25, 0.3) is 0 Å². The van der Waals surface area contributed by atoms with E-state index in [4.69, 9.17) is 34.3 Å². The second kappa shape index (κ2) is 5.91. The number of benzene rings is 2. The number of hydrogen-bond donors (Lipinski definition) is 1. The Balaban J connectivity index is 2.50. The molecule has 0 heterocycles. The maximum absolute atomic E-state index is 12.9. The molecule has 2 rings (SSSR count). The van der Waals surface area contributed by atoms with E-state index in [-0.39, 0.29) is 27.1 Å². The molecule has 2 aromatic rings. The number of ether oxygens (including phenoxy) is 1. The number of thiocarbonyl (C=S) groups is 1. The quantitative estimate of drug-likeness (QED) is 0.822. The predicted octanol–water partition coefficient (Wildman–Crippen LogP) is 4.79. The molecule has 21 heavy (non-hydrogen) atoms. The van der Waals surface area contributed by atoms with Crippen LogP contribution in [0.25, 0.3) is 0 Å². The van der Waals surface area contributed by atoms with E-state index in [0.29, 0.717) is 0 Å². The van der Waals surface area contributed by atoms with Crippen LogP contribution in [0.3, 0.4) is 0 Å². The largest absolute Gasteiger partial charge is 0.456 e. The van der Waals surface area contributed by atoms with Gasteiger partial charge in [-0.1, -0.05) is 42.0 Å². The van der Waals surface area contributed by atoms with E-state index >= 15 is 0 Å². The minimum Gasteiger partial charge on any atom is -0.456 e. The third-order valence-corrected chi connectivity index (χ3v) is 3.15. The summed E-state index contributed by atoms with van der Waals surface area (Å²) in [4.78, 5) is -0.0555. The molecule has 0 saturated heterocycles. The van der Waals surface area contributed by atoms with Gasteiger partial charge in [-0.3, -0.25) is 0 Å². The van der Waals surface area contributed by atoms with Gasteiger partial charge in [0.1, 0.15) is 16.5 Å². The lowest BCUT2D eigenvalue weighted by Gasteiger charge is -2.15. The van der Waals surface area contributed by atoms with Crippen molar-refractivity contribution in [2.24, 2.45) is 5.73 Å². The van der Waals surface area contributed by atoms with Crippen LogP contribution in [0, 0.1) is 0 Å². The molecule has 0 aliphatic rings. The van der Waals surface area contributed by atoms with Crippen LogP contribution in [0.1, 0.15) is 11.1 Å². The molecule has 0 fully saturated rings. The first-order valence-corrected chi connectivity index (χ1v) is 6.51. The van der Waals surface area contributed by atoms with Gasteiger partial charge in [-0.25, -0.2) is 0 Å². The molecule has 0 spiro atoms. The molecule has 0 amide bonds. The summed E-state index contributed by atoms with van der Waals surface area (Å²) in [6.45, 7) is 0. The van der Waals surface area contributed by atoms with E-state index in [1.807, 2.05) is 0 Å². The van der Waals surface area contributed by atoms with Crippen molar-refractivity contribution in [3.05, 3.63) is 58.6 Å². The minimum absolute atomic E-state index is 0.0555. The molecule has 0 unspecified atom stereocenters. The summed E-state index contributed by atoms with van der Waals surface area (Å²) in [6.07, 6.45) is -4.53. The molecular weight excluding hydrogens is 323 g/mol. The Labute approximate surface area is 129 Å². The zero-order valence-corrected chi connectivity index (χ0v) is 12.0. The number of hydrogen-bond acceptors (Lipinski definition) is 2. The van der Waals surface area contributed by atoms with Gasteiger partial charge in [-0.2, -0.15) is 13.2 Å². The van der Waals surface area contributed by atoms with E-state index in [1.54, 1.807) is 0 Å². The van der Waals surface area contributed by atoms with Crippen molar-refractivity contribution < 1.29 is 17.9 Å². The topological polar surface area (TPSA) is 35.2 Å². The lowest BCUT2D eigenvalue weighted by atomic mass is 10.1. The Morgan fingerprint density at radius 1 is 1.05 bits per heavy atom. The molecule has 110 valence electrons. The summed E-state index contributed by atoms with van der Waals surface area (Å²) >= 11 is 10.8. The van der Waals surface area contributed by atoms with Crippen molar-refractivity contribution >= 4 is 28.8 Å². The van der Waals surface area contributed by atoms with Crippen molar-refractivity contribution in [3.8, 4) is 11.5 Å². The van der Waals surface area contributed by atoms with E-state index in [9.17, 15) is 13.2 Å². The van der Waals surface area contributed by atoms with Crippen LogP contribution in [-0.4, -0.2) is 4.99 Å². The molecular formula is C14H9ClF3NOS. The standard InChI is InChI=1S/C14H9ClF3NOS/c15-9-5-3-7-11(12(9)13(19)21)20-10-6-2-1-4-8(10)14(16,17)18/h1-7H,(H2,19,21). The summed E-state index contributed by atoms with van der Waals surface area (Å²) in [5, 5.41) is 0.212. The van der Waals surface area contributed by atoms with Gasteiger partial charge in [-0.05, 0) is 24.3 Å². The number of halogens is 4. The third kappa shape index (κ3) is 3.46. The lowest BCUT2D eigenvalue weighted by molar-refractivity contribution is -0.138. The SMILES string of the molecule is NC(=S)c1c(Cl)cccc1Oc1ccccc1C(F)(F)F. The summed E-state index contributed by atoms with van der Waals surface area (Å²) in [6, 6.07) is 9.38. The van der Waals surface area contributed by atoms with E-state index < -0.39 is 11.7 Å². The van der Waals surface area contributed by atoms with Crippen molar-refractivity contribution in [2.45, 2.75) is 6.18 Å². The molecule has 0 radical (unpaired) electrons. The van der Waals surface area contributed by atoms with Crippen LogP contribution < -0.4 is 10.5 Å². The van der Waals surface area contributed by atoms with E-state index in [2.05, 4.69) is 0 Å². The highest BCUT2D eigenvalue weighted by atomic mass is 35.5. The van der Waals surface area contributed by atoms with Crippen molar-refractivity contribution in [3.63, 3.8) is 0 Å². The smallest absolute Gasteiger partial charge is 0.419 e. The number of para-hydroxylation sites is 1. The summed E-state index contributed by atoms with van der Waals surface area (Å²) < 4.78 is 44.1. The first kappa shape index (κ1) is 15.6. The average molecular weight is 332 g/mol. The fourth-order valence-electron chi connectivity index (χ4n) is 1.74.